The van der Waals surface area contributed by atoms with Gasteiger partial charge in [0.25, 0.3) is 0 Å². The van der Waals surface area contributed by atoms with Crippen LogP contribution in [0.3, 0.4) is 0 Å². The van der Waals surface area contributed by atoms with Crippen LogP contribution in [0.1, 0.15) is 33.1 Å². The number of hydrogen-bond acceptors (Lipinski definition) is 4. The van der Waals surface area contributed by atoms with Crippen LogP contribution in [0.5, 0.6) is 0 Å². The van der Waals surface area contributed by atoms with Gasteiger partial charge in [-0.15, -0.1) is 0 Å². The molecule has 0 saturated carbocycles. The summed E-state index contributed by atoms with van der Waals surface area (Å²) in [5.74, 6) is 0. The molecule has 0 heterocycles. The summed E-state index contributed by atoms with van der Waals surface area (Å²) in [6.07, 6.45) is 4.71. The maximum Gasteiger partial charge on any atom is 0.475 e. The van der Waals surface area contributed by atoms with Gasteiger partial charge in [-0.05, 0) is 33.1 Å². The van der Waals surface area contributed by atoms with Crippen LogP contribution in [0.15, 0.2) is 10.6 Å². The monoisotopic (exact) mass is 312 g/mol. The molecular formula is C10H18BrO4P. The molecule has 4 nitrogen and oxygen atoms in total. The van der Waals surface area contributed by atoms with E-state index < -0.39 is 7.82 Å². The third-order valence-electron chi connectivity index (χ3n) is 2.15. The van der Waals surface area contributed by atoms with Crippen molar-refractivity contribution in [3.63, 3.8) is 0 Å². The van der Waals surface area contributed by atoms with Crippen molar-refractivity contribution in [3.8, 4) is 0 Å². The molecule has 0 aromatic heterocycles. The zero-order chi connectivity index (χ0) is 12.0. The van der Waals surface area contributed by atoms with E-state index >= 15 is 0 Å². The Morgan fingerprint density at radius 3 is 2.56 bits per heavy atom. The Morgan fingerprint density at radius 1 is 1.44 bits per heavy atom. The van der Waals surface area contributed by atoms with Crippen molar-refractivity contribution < 1.29 is 18.1 Å². The number of phosphoric ester groups is 1. The smallest absolute Gasteiger partial charge is 0.287 e. The Labute approximate surface area is 105 Å². The summed E-state index contributed by atoms with van der Waals surface area (Å²) >= 11 is 3.41. The number of allylic oxidation sites excluding steroid dienone is 1. The molecular weight excluding hydrogens is 295 g/mol. The molecule has 0 radical (unpaired) electrons. The minimum atomic E-state index is -3.40. The van der Waals surface area contributed by atoms with Gasteiger partial charge in [0.15, 0.2) is 0 Å². The van der Waals surface area contributed by atoms with Crippen molar-refractivity contribution in [2.24, 2.45) is 0 Å². The Kier molecular flexibility index (Phi) is 6.22. The van der Waals surface area contributed by atoms with E-state index in [-0.39, 0.29) is 6.10 Å². The molecule has 0 spiro atoms. The number of rotatable bonds is 6. The van der Waals surface area contributed by atoms with Crippen molar-refractivity contribution in [1.29, 1.82) is 0 Å². The zero-order valence-electron chi connectivity index (χ0n) is 9.65. The van der Waals surface area contributed by atoms with E-state index in [0.717, 1.165) is 23.7 Å². The second-order valence-electron chi connectivity index (χ2n) is 3.40. The van der Waals surface area contributed by atoms with Crippen LogP contribution in [0.2, 0.25) is 0 Å². The molecule has 0 fully saturated rings. The molecule has 1 aliphatic rings. The summed E-state index contributed by atoms with van der Waals surface area (Å²) in [4.78, 5) is 0. The van der Waals surface area contributed by atoms with Gasteiger partial charge in [0.1, 0.15) is 6.10 Å². The van der Waals surface area contributed by atoms with Crippen LogP contribution in [0.4, 0.5) is 0 Å². The highest BCUT2D eigenvalue weighted by molar-refractivity contribution is 9.11. The predicted molar refractivity (Wildman–Crippen MR) is 66.6 cm³/mol. The lowest BCUT2D eigenvalue weighted by atomic mass is 10.1. The molecule has 0 aliphatic heterocycles. The first kappa shape index (κ1) is 14.4. The molecule has 94 valence electrons. The van der Waals surface area contributed by atoms with Crippen LogP contribution >= 0.6 is 23.8 Å². The van der Waals surface area contributed by atoms with Crippen molar-refractivity contribution in [3.05, 3.63) is 10.6 Å². The molecule has 0 aromatic rings. The van der Waals surface area contributed by atoms with Crippen molar-refractivity contribution in [2.45, 2.75) is 39.2 Å². The van der Waals surface area contributed by atoms with E-state index in [2.05, 4.69) is 15.9 Å². The van der Waals surface area contributed by atoms with Gasteiger partial charge in [-0.3, -0.25) is 13.6 Å². The summed E-state index contributed by atoms with van der Waals surface area (Å²) < 4.78 is 28.7. The Balaban J connectivity index is 2.63. The van der Waals surface area contributed by atoms with Crippen LogP contribution in [0, 0.1) is 0 Å². The molecule has 6 heteroatoms. The summed E-state index contributed by atoms with van der Waals surface area (Å²) in [7, 11) is -3.40. The van der Waals surface area contributed by atoms with Gasteiger partial charge in [-0.1, -0.05) is 22.0 Å². The van der Waals surface area contributed by atoms with E-state index in [4.69, 9.17) is 13.6 Å². The van der Waals surface area contributed by atoms with Crippen molar-refractivity contribution >= 4 is 23.8 Å². The number of hydrogen-bond donors (Lipinski definition) is 0. The van der Waals surface area contributed by atoms with E-state index in [1.165, 1.54) is 0 Å². The summed E-state index contributed by atoms with van der Waals surface area (Å²) in [5.41, 5.74) is 0. The maximum absolute atomic E-state index is 12.1. The fourth-order valence-corrected chi connectivity index (χ4v) is 3.54. The molecule has 1 rings (SSSR count). The highest BCUT2D eigenvalue weighted by Crippen LogP contribution is 2.52. The summed E-state index contributed by atoms with van der Waals surface area (Å²) in [6.45, 7) is 4.15. The Morgan fingerprint density at radius 2 is 2.06 bits per heavy atom. The lowest BCUT2D eigenvalue weighted by Gasteiger charge is -2.25. The maximum atomic E-state index is 12.1. The normalized spacial score (nSPS) is 21.9. The van der Waals surface area contributed by atoms with Gasteiger partial charge >= 0.3 is 7.82 Å². The molecule has 1 atom stereocenters. The van der Waals surface area contributed by atoms with Gasteiger partial charge in [0, 0.05) is 4.48 Å². The van der Waals surface area contributed by atoms with Crippen molar-refractivity contribution in [2.75, 3.05) is 13.2 Å². The molecule has 0 bridgehead atoms. The first-order chi connectivity index (χ1) is 7.61. The van der Waals surface area contributed by atoms with Crippen LogP contribution < -0.4 is 0 Å². The number of phosphoric acid groups is 1. The molecule has 1 aliphatic carbocycles. The van der Waals surface area contributed by atoms with Gasteiger partial charge in [0.2, 0.25) is 0 Å². The van der Waals surface area contributed by atoms with Gasteiger partial charge in [-0.25, -0.2) is 4.57 Å². The van der Waals surface area contributed by atoms with E-state index in [1.807, 2.05) is 6.08 Å². The molecule has 0 aromatic carbocycles. The summed E-state index contributed by atoms with van der Waals surface area (Å²) in [6, 6.07) is 0. The lowest BCUT2D eigenvalue weighted by molar-refractivity contribution is 0.0943. The second-order valence-corrected chi connectivity index (χ2v) is 5.93. The predicted octanol–water partition coefficient (Wildman–Crippen LogP) is 4.02. The molecule has 0 saturated heterocycles. The first-order valence-electron chi connectivity index (χ1n) is 5.54. The minimum absolute atomic E-state index is 0.210. The molecule has 0 N–H and O–H groups in total. The first-order valence-corrected chi connectivity index (χ1v) is 7.79. The Hall–Kier alpha value is 0.330. The minimum Gasteiger partial charge on any atom is -0.287 e. The van der Waals surface area contributed by atoms with Gasteiger partial charge in [0.05, 0.1) is 13.2 Å². The largest absolute Gasteiger partial charge is 0.475 e. The van der Waals surface area contributed by atoms with Gasteiger partial charge < -0.3 is 0 Å². The standard InChI is InChI=1S/C10H18BrO4P/c1-3-13-16(12,14-4-2)15-10-8-6-5-7-9(10)11/h7,10H,3-6,8H2,1-2H3/t10-/m1/s1. The quantitative estimate of drug-likeness (QED) is 0.695. The van der Waals surface area contributed by atoms with Crippen LogP contribution in [-0.4, -0.2) is 19.3 Å². The van der Waals surface area contributed by atoms with Gasteiger partial charge in [-0.2, -0.15) is 0 Å². The zero-order valence-corrected chi connectivity index (χ0v) is 12.1. The van der Waals surface area contributed by atoms with E-state index in [0.29, 0.717) is 13.2 Å². The summed E-state index contributed by atoms with van der Waals surface area (Å²) in [5, 5.41) is 0. The highest BCUT2D eigenvalue weighted by atomic mass is 79.9. The number of halogens is 1. The average Bonchev–Trinajstić information content (AvgIpc) is 2.22. The van der Waals surface area contributed by atoms with E-state index in [1.54, 1.807) is 13.8 Å². The van der Waals surface area contributed by atoms with E-state index in [9.17, 15) is 4.57 Å². The lowest BCUT2D eigenvalue weighted by Crippen LogP contribution is -2.16. The average molecular weight is 313 g/mol. The fourth-order valence-electron chi connectivity index (χ4n) is 1.49. The topological polar surface area (TPSA) is 44.8 Å². The Bertz CT molecular complexity index is 283. The third kappa shape index (κ3) is 4.30. The molecule has 0 amide bonds. The van der Waals surface area contributed by atoms with Crippen molar-refractivity contribution in [1.82, 2.24) is 0 Å². The van der Waals surface area contributed by atoms with Crippen LogP contribution in [0.25, 0.3) is 0 Å². The molecule has 16 heavy (non-hydrogen) atoms. The highest BCUT2D eigenvalue weighted by Gasteiger charge is 2.31. The van der Waals surface area contributed by atoms with Crippen LogP contribution in [-0.2, 0) is 18.1 Å². The fraction of sp³-hybridized carbons (Fsp3) is 0.800. The third-order valence-corrected chi connectivity index (χ3v) is 4.64. The second kappa shape index (κ2) is 6.92. The SMILES string of the molecule is CCOP(=O)(OCC)O[C@@H]1CCCC=C1Br. The molecule has 0 unspecified atom stereocenters.